The van der Waals surface area contributed by atoms with E-state index in [1.54, 1.807) is 0 Å². The fourth-order valence-corrected chi connectivity index (χ4v) is 5.21. The Morgan fingerprint density at radius 2 is 1.82 bits per heavy atom. The second-order valence-corrected chi connectivity index (χ2v) is 10.8. The minimum absolute atomic E-state index is 0.156. The highest BCUT2D eigenvalue weighted by molar-refractivity contribution is 7.88. The van der Waals surface area contributed by atoms with E-state index < -0.39 is 10.0 Å². The van der Waals surface area contributed by atoms with Crippen LogP contribution in [0.25, 0.3) is 0 Å². The molecule has 4 rings (SSSR count). The summed E-state index contributed by atoms with van der Waals surface area (Å²) in [5, 5.41) is 6.50. The van der Waals surface area contributed by atoms with Crippen LogP contribution in [0.3, 0.4) is 0 Å². The van der Waals surface area contributed by atoms with Crippen molar-refractivity contribution in [3.8, 4) is 11.5 Å². The van der Waals surface area contributed by atoms with E-state index in [2.05, 4.69) is 28.3 Å². The second-order valence-electron chi connectivity index (χ2n) is 9.01. The highest BCUT2D eigenvalue weighted by Crippen LogP contribution is 2.39. The zero-order chi connectivity index (χ0) is 24.1. The maximum Gasteiger partial charge on any atom is 0.251 e. The van der Waals surface area contributed by atoms with Crippen molar-refractivity contribution in [2.24, 2.45) is 0 Å². The normalized spacial score (nSPS) is 20.6. The molecule has 0 saturated heterocycles. The van der Waals surface area contributed by atoms with Crippen LogP contribution in [0, 0.1) is 0 Å². The van der Waals surface area contributed by atoms with Crippen molar-refractivity contribution in [1.82, 2.24) is 15.4 Å². The molecule has 3 N–H and O–H groups in total. The Kier molecular flexibility index (Phi) is 7.75. The lowest BCUT2D eigenvalue weighted by Gasteiger charge is -2.26. The Bertz CT molecular complexity index is 1100. The Hall–Kier alpha value is -2.62. The lowest BCUT2D eigenvalue weighted by molar-refractivity contribution is 0.0954. The smallest absolute Gasteiger partial charge is 0.251 e. The monoisotopic (exact) mass is 487 g/mol. The number of sulfonamides is 1. The number of rotatable bonds is 9. The maximum absolute atomic E-state index is 12.3. The summed E-state index contributed by atoms with van der Waals surface area (Å²) >= 11 is 0. The van der Waals surface area contributed by atoms with Gasteiger partial charge in [-0.15, -0.1) is 0 Å². The first-order valence-corrected chi connectivity index (χ1v) is 13.7. The molecule has 0 radical (unpaired) electrons. The molecule has 9 heteroatoms. The first-order valence-electron chi connectivity index (χ1n) is 11.8. The van der Waals surface area contributed by atoms with Gasteiger partial charge in [-0.05, 0) is 55.9 Å². The van der Waals surface area contributed by atoms with Gasteiger partial charge < -0.3 is 20.1 Å². The Morgan fingerprint density at radius 3 is 2.59 bits per heavy atom. The van der Waals surface area contributed by atoms with Crippen LogP contribution in [0.4, 0.5) is 0 Å². The van der Waals surface area contributed by atoms with E-state index >= 15 is 0 Å². The third-order valence-electron chi connectivity index (χ3n) is 6.40. The first kappa shape index (κ1) is 24.5. The number of amides is 1. The van der Waals surface area contributed by atoms with Crippen molar-refractivity contribution in [3.05, 3.63) is 59.2 Å². The fourth-order valence-electron chi connectivity index (χ4n) is 4.74. The quantitative estimate of drug-likeness (QED) is 0.470. The Balaban J connectivity index is 1.28. The molecule has 3 atom stereocenters. The van der Waals surface area contributed by atoms with Gasteiger partial charge in [0.1, 0.15) is 13.2 Å². The van der Waals surface area contributed by atoms with Crippen molar-refractivity contribution in [1.29, 1.82) is 0 Å². The van der Waals surface area contributed by atoms with Gasteiger partial charge in [0.15, 0.2) is 11.5 Å². The minimum atomic E-state index is -3.25. The molecule has 0 spiro atoms. The molecule has 1 aliphatic carbocycles. The zero-order valence-corrected chi connectivity index (χ0v) is 20.5. The van der Waals surface area contributed by atoms with Crippen molar-refractivity contribution >= 4 is 15.9 Å². The van der Waals surface area contributed by atoms with Gasteiger partial charge in [-0.25, -0.2) is 13.1 Å². The topological polar surface area (TPSA) is 106 Å². The van der Waals surface area contributed by atoms with E-state index in [1.165, 1.54) is 5.56 Å². The van der Waals surface area contributed by atoms with Crippen LogP contribution in [-0.4, -0.2) is 52.9 Å². The first-order chi connectivity index (χ1) is 16.3. The molecule has 1 fully saturated rings. The zero-order valence-electron chi connectivity index (χ0n) is 19.7. The van der Waals surface area contributed by atoms with E-state index in [0.29, 0.717) is 30.7 Å². The third-order valence-corrected chi connectivity index (χ3v) is 7.13. The van der Waals surface area contributed by atoms with Gasteiger partial charge in [0.05, 0.1) is 6.26 Å². The predicted octanol–water partition coefficient (Wildman–Crippen LogP) is 2.72. The molecule has 2 aromatic rings. The highest BCUT2D eigenvalue weighted by atomic mass is 32.2. The van der Waals surface area contributed by atoms with Crippen molar-refractivity contribution in [3.63, 3.8) is 0 Å². The maximum atomic E-state index is 12.3. The molecule has 184 valence electrons. The third kappa shape index (κ3) is 6.28. The molecule has 1 aliphatic heterocycles. The molecule has 1 saturated carbocycles. The van der Waals surface area contributed by atoms with Crippen LogP contribution in [0.5, 0.6) is 11.5 Å². The number of nitrogens with one attached hydrogen (secondary N) is 3. The lowest BCUT2D eigenvalue weighted by atomic mass is 9.96. The standard InChI is InChI=1S/C25H33N3O5S/c1-17(22-4-3-5-23-24(22)33-15-14-32-23)28-21-11-10-20(16-21)18-6-8-19(9-7-18)25(29)26-12-13-27-34(2,30)31/h3-9,17,20-21,27-28H,10-16H2,1-2H3,(H,26,29)/t17-,20-,21+/m1/s1. The number of benzene rings is 2. The van der Waals surface area contributed by atoms with Crippen LogP contribution in [0.2, 0.25) is 0 Å². The van der Waals surface area contributed by atoms with Gasteiger partial charge in [0, 0.05) is 36.3 Å². The SMILES string of the molecule is C[C@@H](N[C@H]1CC[C@@H](c2ccc(C(=O)NCCNS(C)(=O)=O)cc2)C1)c1cccc2c1OCCO2. The molecule has 1 amide bonds. The van der Waals surface area contributed by atoms with Gasteiger partial charge in [-0.3, -0.25) is 4.79 Å². The summed E-state index contributed by atoms with van der Waals surface area (Å²) in [4.78, 5) is 12.3. The number of para-hydroxylation sites is 1. The van der Waals surface area contributed by atoms with E-state index in [0.717, 1.165) is 42.6 Å². The number of carbonyl (C=O) groups excluding carboxylic acids is 1. The molecule has 8 nitrogen and oxygen atoms in total. The van der Waals surface area contributed by atoms with E-state index in [-0.39, 0.29) is 25.0 Å². The summed E-state index contributed by atoms with van der Waals surface area (Å²) in [5.74, 6) is 1.91. The summed E-state index contributed by atoms with van der Waals surface area (Å²) in [7, 11) is -3.25. The van der Waals surface area contributed by atoms with Crippen molar-refractivity contribution in [2.45, 2.75) is 44.2 Å². The summed E-state index contributed by atoms with van der Waals surface area (Å²) < 4.78 is 36.1. The average Bonchev–Trinajstić information content (AvgIpc) is 3.29. The Morgan fingerprint density at radius 1 is 1.06 bits per heavy atom. The summed E-state index contributed by atoms with van der Waals surface area (Å²) in [6.07, 6.45) is 4.32. The van der Waals surface area contributed by atoms with Crippen LogP contribution < -0.4 is 24.8 Å². The van der Waals surface area contributed by atoms with Gasteiger partial charge >= 0.3 is 0 Å². The molecule has 2 aromatic carbocycles. The number of hydrogen-bond donors (Lipinski definition) is 3. The molecule has 2 aliphatic rings. The molecule has 0 bridgehead atoms. The van der Waals surface area contributed by atoms with Crippen LogP contribution >= 0.6 is 0 Å². The van der Waals surface area contributed by atoms with E-state index in [9.17, 15) is 13.2 Å². The molecular formula is C25H33N3O5S. The fraction of sp³-hybridized carbons (Fsp3) is 0.480. The van der Waals surface area contributed by atoms with Gasteiger partial charge in [-0.2, -0.15) is 0 Å². The largest absolute Gasteiger partial charge is 0.486 e. The average molecular weight is 488 g/mol. The minimum Gasteiger partial charge on any atom is -0.486 e. The summed E-state index contributed by atoms with van der Waals surface area (Å²) in [6, 6.07) is 14.4. The number of hydrogen-bond acceptors (Lipinski definition) is 6. The number of ether oxygens (including phenoxy) is 2. The van der Waals surface area contributed by atoms with Crippen LogP contribution in [0.15, 0.2) is 42.5 Å². The van der Waals surface area contributed by atoms with Crippen LogP contribution in [0.1, 0.15) is 59.6 Å². The van der Waals surface area contributed by atoms with Crippen LogP contribution in [-0.2, 0) is 10.0 Å². The molecule has 0 aromatic heterocycles. The molecular weight excluding hydrogens is 454 g/mol. The van der Waals surface area contributed by atoms with Crippen molar-refractivity contribution in [2.75, 3.05) is 32.6 Å². The summed E-state index contributed by atoms with van der Waals surface area (Å²) in [6.45, 7) is 3.74. The van der Waals surface area contributed by atoms with Crippen molar-refractivity contribution < 1.29 is 22.7 Å². The van der Waals surface area contributed by atoms with E-state index in [1.807, 2.05) is 36.4 Å². The molecule has 0 unspecified atom stereocenters. The lowest BCUT2D eigenvalue weighted by Crippen LogP contribution is -2.34. The second kappa shape index (κ2) is 10.8. The van der Waals surface area contributed by atoms with Gasteiger partial charge in [0.2, 0.25) is 10.0 Å². The van der Waals surface area contributed by atoms with Gasteiger partial charge in [0.25, 0.3) is 5.91 Å². The Labute approximate surface area is 201 Å². The highest BCUT2D eigenvalue weighted by Gasteiger charge is 2.28. The van der Waals surface area contributed by atoms with Gasteiger partial charge in [-0.1, -0.05) is 24.3 Å². The van der Waals surface area contributed by atoms with E-state index in [4.69, 9.17) is 9.47 Å². The molecule has 34 heavy (non-hydrogen) atoms. The molecule has 1 heterocycles. The number of carbonyl (C=O) groups is 1. The summed E-state index contributed by atoms with van der Waals surface area (Å²) in [5.41, 5.74) is 2.93. The number of fused-ring (bicyclic) bond motifs is 1. The predicted molar refractivity (Wildman–Crippen MR) is 131 cm³/mol.